The van der Waals surface area contributed by atoms with Gasteiger partial charge in [-0.1, -0.05) is 40.2 Å². The summed E-state index contributed by atoms with van der Waals surface area (Å²) in [6, 6.07) is 0.753. The minimum Gasteiger partial charge on any atom is -0.317 e. The zero-order valence-corrected chi connectivity index (χ0v) is 24.2. The van der Waals surface area contributed by atoms with Gasteiger partial charge in [0.15, 0.2) is 0 Å². The number of rotatable bonds is 6. The van der Waals surface area contributed by atoms with Gasteiger partial charge in [0, 0.05) is 6.04 Å². The molecule has 0 aromatic carbocycles. The van der Waals surface area contributed by atoms with Gasteiger partial charge in [0.2, 0.25) is 0 Å². The van der Waals surface area contributed by atoms with Gasteiger partial charge in [-0.3, -0.25) is 0 Å². The number of fused-ring (bicyclic) bond motifs is 5. The Morgan fingerprint density at radius 2 is 1.73 bits per heavy atom. The largest absolute Gasteiger partial charge is 0.317 e. The fourth-order valence-electron chi connectivity index (χ4n) is 9.54. The van der Waals surface area contributed by atoms with E-state index in [2.05, 4.69) is 73.1 Å². The molecule has 1 N–H and O–H groups in total. The molecule has 4 rings (SSSR count). The van der Waals surface area contributed by atoms with Crippen LogP contribution in [0.2, 0.25) is 0 Å². The Kier molecular flexibility index (Phi) is 9.19. The Morgan fingerprint density at radius 1 is 1.03 bits per heavy atom. The molecule has 0 amide bonds. The highest BCUT2D eigenvalue weighted by Crippen LogP contribution is 2.71. The standard InChI is InChI=1S/C28H49N.C3H8S/c1-19(2)8-9-20(3)23-10-11-24-22-13-15-26(4)18-21(29-7)12-17-28(26,6)25(22)14-16-27(23,24)5;1-2-3-4/h20-25,29H,1,8-18H2,2-7H3;4H,2-3H2,1H3. The van der Waals surface area contributed by atoms with Crippen LogP contribution in [0.25, 0.3) is 0 Å². The average Bonchev–Trinajstić information content (AvgIpc) is 3.15. The minimum atomic E-state index is 0.556. The molecule has 4 aliphatic rings. The first-order valence-electron chi connectivity index (χ1n) is 14.5. The van der Waals surface area contributed by atoms with Gasteiger partial charge in [0.1, 0.15) is 0 Å². The molecular formula is C31H57NS. The summed E-state index contributed by atoms with van der Waals surface area (Å²) in [5.74, 6) is 5.84. The van der Waals surface area contributed by atoms with Gasteiger partial charge >= 0.3 is 0 Å². The second-order valence-electron chi connectivity index (χ2n) is 13.5. The van der Waals surface area contributed by atoms with E-state index in [0.29, 0.717) is 16.2 Å². The van der Waals surface area contributed by atoms with Gasteiger partial charge < -0.3 is 5.32 Å². The van der Waals surface area contributed by atoms with Crippen LogP contribution in [0.15, 0.2) is 12.2 Å². The summed E-state index contributed by atoms with van der Waals surface area (Å²) in [7, 11) is 2.18. The van der Waals surface area contributed by atoms with Gasteiger partial charge in [0.05, 0.1) is 0 Å². The van der Waals surface area contributed by atoms with Gasteiger partial charge in [-0.2, -0.15) is 12.6 Å². The molecule has 0 saturated heterocycles. The molecule has 9 unspecified atom stereocenters. The van der Waals surface area contributed by atoms with E-state index in [4.69, 9.17) is 0 Å². The highest BCUT2D eigenvalue weighted by atomic mass is 32.1. The number of hydrogen-bond donors (Lipinski definition) is 2. The van der Waals surface area contributed by atoms with Crippen LogP contribution >= 0.6 is 12.6 Å². The smallest absolute Gasteiger partial charge is 0.00696 e. The van der Waals surface area contributed by atoms with E-state index in [9.17, 15) is 0 Å². The maximum atomic E-state index is 4.17. The fourth-order valence-corrected chi connectivity index (χ4v) is 9.54. The van der Waals surface area contributed by atoms with Crippen LogP contribution in [-0.4, -0.2) is 18.8 Å². The van der Waals surface area contributed by atoms with Crippen molar-refractivity contribution in [3.8, 4) is 0 Å². The molecule has 0 spiro atoms. The Morgan fingerprint density at radius 3 is 2.33 bits per heavy atom. The van der Waals surface area contributed by atoms with Crippen LogP contribution in [0, 0.1) is 45.8 Å². The first kappa shape index (κ1) is 27.6. The summed E-state index contributed by atoms with van der Waals surface area (Å²) in [5.41, 5.74) is 3.12. The first-order valence-corrected chi connectivity index (χ1v) is 15.1. The zero-order valence-electron chi connectivity index (χ0n) is 23.3. The van der Waals surface area contributed by atoms with Crippen molar-refractivity contribution in [2.24, 2.45) is 45.8 Å². The van der Waals surface area contributed by atoms with Crippen molar-refractivity contribution >= 4 is 12.6 Å². The SMILES string of the molecule is C=C(C)CCC(C)C1CCC2C3CCC4(C)CC(NC)CCC4(C)C3CCC12C.CCCS. The predicted molar refractivity (Wildman–Crippen MR) is 150 cm³/mol. The van der Waals surface area contributed by atoms with Crippen molar-refractivity contribution < 1.29 is 0 Å². The Bertz CT molecular complexity index is 657. The number of allylic oxidation sites excluding steroid dienone is 1. The second-order valence-corrected chi connectivity index (χ2v) is 14.0. The summed E-state index contributed by atoms with van der Waals surface area (Å²) in [6.45, 7) is 19.1. The highest BCUT2D eigenvalue weighted by Gasteiger charge is 2.63. The van der Waals surface area contributed by atoms with E-state index in [1.54, 1.807) is 0 Å². The molecule has 4 saturated carbocycles. The van der Waals surface area contributed by atoms with Crippen LogP contribution in [0.5, 0.6) is 0 Å². The molecule has 0 radical (unpaired) electrons. The summed E-state index contributed by atoms with van der Waals surface area (Å²) in [6.07, 6.45) is 17.1. The molecule has 1 nitrogen and oxygen atoms in total. The number of hydrogen-bond acceptors (Lipinski definition) is 2. The van der Waals surface area contributed by atoms with Crippen molar-refractivity contribution in [1.29, 1.82) is 0 Å². The van der Waals surface area contributed by atoms with Crippen molar-refractivity contribution in [3.05, 3.63) is 12.2 Å². The molecule has 0 aliphatic heterocycles. The molecule has 4 aliphatic carbocycles. The average molecular weight is 476 g/mol. The van der Waals surface area contributed by atoms with E-state index in [0.717, 1.165) is 41.4 Å². The minimum absolute atomic E-state index is 0.556. The summed E-state index contributed by atoms with van der Waals surface area (Å²) < 4.78 is 0. The summed E-state index contributed by atoms with van der Waals surface area (Å²) in [4.78, 5) is 0. The third-order valence-electron chi connectivity index (χ3n) is 11.8. The molecular weight excluding hydrogens is 418 g/mol. The zero-order chi connectivity index (χ0) is 24.4. The van der Waals surface area contributed by atoms with Crippen molar-refractivity contribution in [2.75, 3.05) is 12.8 Å². The molecule has 33 heavy (non-hydrogen) atoms. The van der Waals surface area contributed by atoms with Gasteiger partial charge in [-0.15, -0.1) is 6.58 Å². The Hall–Kier alpha value is 0.0500. The monoisotopic (exact) mass is 475 g/mol. The molecule has 0 aromatic heterocycles. The molecule has 9 atom stereocenters. The third kappa shape index (κ3) is 5.14. The van der Waals surface area contributed by atoms with E-state index in [-0.39, 0.29) is 0 Å². The first-order chi connectivity index (χ1) is 15.6. The Balaban J connectivity index is 0.000000709. The van der Waals surface area contributed by atoms with E-state index >= 15 is 0 Å². The number of thiol groups is 1. The third-order valence-corrected chi connectivity index (χ3v) is 12.2. The van der Waals surface area contributed by atoms with Crippen LogP contribution in [-0.2, 0) is 0 Å². The van der Waals surface area contributed by atoms with Crippen LogP contribution in [0.3, 0.4) is 0 Å². The summed E-state index contributed by atoms with van der Waals surface area (Å²) in [5, 5.41) is 3.63. The van der Waals surface area contributed by atoms with Gasteiger partial charge in [-0.25, -0.2) is 0 Å². The van der Waals surface area contributed by atoms with E-state index < -0.39 is 0 Å². The molecule has 0 aromatic rings. The lowest BCUT2D eigenvalue weighted by Gasteiger charge is -2.65. The van der Waals surface area contributed by atoms with Crippen LogP contribution in [0.4, 0.5) is 0 Å². The lowest BCUT2D eigenvalue weighted by Crippen LogP contribution is -2.59. The maximum absolute atomic E-state index is 4.17. The molecule has 0 bridgehead atoms. The normalized spacial score (nSPS) is 45.2. The molecule has 4 fully saturated rings. The Labute approximate surface area is 213 Å². The van der Waals surface area contributed by atoms with Crippen LogP contribution in [0.1, 0.15) is 119 Å². The quantitative estimate of drug-likeness (QED) is 0.288. The fraction of sp³-hybridized carbons (Fsp3) is 0.935. The lowest BCUT2D eigenvalue weighted by molar-refractivity contribution is -0.158. The van der Waals surface area contributed by atoms with E-state index in [1.165, 1.54) is 82.6 Å². The van der Waals surface area contributed by atoms with Crippen molar-refractivity contribution in [3.63, 3.8) is 0 Å². The van der Waals surface area contributed by atoms with Crippen molar-refractivity contribution in [1.82, 2.24) is 5.32 Å². The van der Waals surface area contributed by atoms with Gasteiger partial charge in [0.25, 0.3) is 0 Å². The lowest BCUT2D eigenvalue weighted by atomic mass is 9.40. The molecule has 192 valence electrons. The topological polar surface area (TPSA) is 12.0 Å². The molecule has 2 heteroatoms. The molecule has 0 heterocycles. The van der Waals surface area contributed by atoms with Gasteiger partial charge in [-0.05, 0) is 143 Å². The summed E-state index contributed by atoms with van der Waals surface area (Å²) >= 11 is 3.92. The van der Waals surface area contributed by atoms with Crippen LogP contribution < -0.4 is 5.32 Å². The second kappa shape index (κ2) is 11.0. The maximum Gasteiger partial charge on any atom is 0.00696 e. The highest BCUT2D eigenvalue weighted by molar-refractivity contribution is 7.80. The predicted octanol–water partition coefficient (Wildman–Crippen LogP) is 8.94. The number of nitrogens with one attached hydrogen (secondary N) is 1. The van der Waals surface area contributed by atoms with Crippen molar-refractivity contribution in [2.45, 2.75) is 125 Å². The van der Waals surface area contributed by atoms with E-state index in [1.807, 2.05) is 0 Å².